The predicted octanol–water partition coefficient (Wildman–Crippen LogP) is 4.20. The second kappa shape index (κ2) is 8.88. The summed E-state index contributed by atoms with van der Waals surface area (Å²) in [6, 6.07) is 6.90. The molecule has 1 aliphatic rings. The van der Waals surface area contributed by atoms with Crippen LogP contribution in [0.25, 0.3) is 0 Å². The zero-order valence-corrected chi connectivity index (χ0v) is 16.1. The maximum Gasteiger partial charge on any atom is 0.290 e. The number of benzene rings is 1. The van der Waals surface area contributed by atoms with Gasteiger partial charge in [0.15, 0.2) is 11.5 Å². The van der Waals surface area contributed by atoms with Gasteiger partial charge in [0, 0.05) is 12.5 Å². The third-order valence-corrected chi connectivity index (χ3v) is 4.51. The SMILES string of the molecule is CCCCN1C(=O)C(O)=C(C(=O)C(C)C)C1c1ccc(OCCC)cc1. The van der Waals surface area contributed by atoms with Crippen molar-refractivity contribution in [2.45, 2.75) is 53.0 Å². The van der Waals surface area contributed by atoms with E-state index in [1.54, 1.807) is 18.7 Å². The molecule has 1 unspecified atom stereocenters. The van der Waals surface area contributed by atoms with Gasteiger partial charge in [-0.1, -0.05) is 46.2 Å². The standard InChI is InChI=1S/C21H29NO4/c1-5-7-12-22-18(15-8-10-16(11-9-15)26-13-6-2)17(19(23)14(3)4)20(24)21(22)25/h8-11,14,18,24H,5-7,12-13H2,1-4H3. The summed E-state index contributed by atoms with van der Waals surface area (Å²) in [4.78, 5) is 26.9. The molecule has 0 spiro atoms. The van der Waals surface area contributed by atoms with Gasteiger partial charge in [-0.25, -0.2) is 0 Å². The molecule has 1 amide bonds. The minimum Gasteiger partial charge on any atom is -0.503 e. The van der Waals surface area contributed by atoms with E-state index in [1.807, 2.05) is 38.1 Å². The summed E-state index contributed by atoms with van der Waals surface area (Å²) in [5.74, 6) is -0.591. The predicted molar refractivity (Wildman–Crippen MR) is 101 cm³/mol. The van der Waals surface area contributed by atoms with Crippen LogP contribution in [-0.2, 0) is 9.59 Å². The summed E-state index contributed by atoms with van der Waals surface area (Å²) in [6.07, 6.45) is 2.66. The third-order valence-electron chi connectivity index (χ3n) is 4.51. The zero-order valence-electron chi connectivity index (χ0n) is 16.1. The Morgan fingerprint density at radius 3 is 2.38 bits per heavy atom. The number of amides is 1. The number of unbranched alkanes of at least 4 members (excludes halogenated alkanes) is 1. The summed E-state index contributed by atoms with van der Waals surface area (Å²) in [5, 5.41) is 10.4. The molecule has 2 rings (SSSR count). The Morgan fingerprint density at radius 2 is 1.85 bits per heavy atom. The lowest BCUT2D eigenvalue weighted by molar-refractivity contribution is -0.129. The van der Waals surface area contributed by atoms with E-state index in [4.69, 9.17) is 4.74 Å². The zero-order chi connectivity index (χ0) is 19.3. The molecule has 0 radical (unpaired) electrons. The molecule has 0 saturated carbocycles. The van der Waals surface area contributed by atoms with Crippen LogP contribution in [-0.4, -0.2) is 34.8 Å². The van der Waals surface area contributed by atoms with Crippen molar-refractivity contribution >= 4 is 11.7 Å². The first-order valence-corrected chi connectivity index (χ1v) is 9.43. The van der Waals surface area contributed by atoms with Gasteiger partial charge in [0.25, 0.3) is 5.91 Å². The number of rotatable bonds is 9. The minimum atomic E-state index is -0.538. The summed E-state index contributed by atoms with van der Waals surface area (Å²) < 4.78 is 5.61. The van der Waals surface area contributed by atoms with Gasteiger partial charge in [0.05, 0.1) is 18.2 Å². The number of ether oxygens (including phenoxy) is 1. The van der Waals surface area contributed by atoms with Gasteiger partial charge in [-0.05, 0) is 30.5 Å². The molecule has 0 saturated heterocycles. The Hall–Kier alpha value is -2.30. The summed E-state index contributed by atoms with van der Waals surface area (Å²) >= 11 is 0. The molecule has 1 heterocycles. The molecule has 0 fully saturated rings. The largest absolute Gasteiger partial charge is 0.503 e. The van der Waals surface area contributed by atoms with Crippen LogP contribution in [0.15, 0.2) is 35.6 Å². The van der Waals surface area contributed by atoms with E-state index >= 15 is 0 Å². The van der Waals surface area contributed by atoms with Crippen molar-refractivity contribution in [2.24, 2.45) is 5.92 Å². The van der Waals surface area contributed by atoms with Crippen molar-refractivity contribution in [3.05, 3.63) is 41.2 Å². The number of nitrogens with zero attached hydrogens (tertiary/aromatic N) is 1. The minimum absolute atomic E-state index is 0.189. The van der Waals surface area contributed by atoms with Crippen molar-refractivity contribution in [1.82, 2.24) is 4.90 Å². The Kier molecular flexibility index (Phi) is 6.83. The highest BCUT2D eigenvalue weighted by atomic mass is 16.5. The Balaban J connectivity index is 2.40. The first-order chi connectivity index (χ1) is 12.4. The molecular weight excluding hydrogens is 330 g/mol. The van der Waals surface area contributed by atoms with Gasteiger partial charge in [-0.2, -0.15) is 0 Å². The lowest BCUT2D eigenvalue weighted by Gasteiger charge is -2.27. The molecular formula is C21H29NO4. The second-order valence-electron chi connectivity index (χ2n) is 6.95. The van der Waals surface area contributed by atoms with E-state index in [9.17, 15) is 14.7 Å². The van der Waals surface area contributed by atoms with Crippen molar-refractivity contribution in [1.29, 1.82) is 0 Å². The lowest BCUT2D eigenvalue weighted by Crippen LogP contribution is -2.32. The van der Waals surface area contributed by atoms with Crippen LogP contribution >= 0.6 is 0 Å². The fourth-order valence-corrected chi connectivity index (χ4v) is 3.09. The van der Waals surface area contributed by atoms with Crippen LogP contribution in [0.3, 0.4) is 0 Å². The lowest BCUT2D eigenvalue weighted by atomic mass is 9.91. The number of aliphatic hydroxyl groups excluding tert-OH is 1. The maximum atomic E-state index is 12.7. The number of hydrogen-bond donors (Lipinski definition) is 1. The summed E-state index contributed by atoms with van der Waals surface area (Å²) in [5.41, 5.74) is 1.02. The molecule has 0 aliphatic carbocycles. The maximum absolute atomic E-state index is 12.7. The third kappa shape index (κ3) is 4.09. The summed E-state index contributed by atoms with van der Waals surface area (Å²) in [7, 11) is 0. The van der Waals surface area contributed by atoms with Crippen molar-refractivity contribution in [3.63, 3.8) is 0 Å². The second-order valence-corrected chi connectivity index (χ2v) is 6.95. The van der Waals surface area contributed by atoms with Crippen molar-refractivity contribution < 1.29 is 19.4 Å². The highest BCUT2D eigenvalue weighted by Crippen LogP contribution is 2.39. The van der Waals surface area contributed by atoms with Gasteiger partial charge in [-0.3, -0.25) is 9.59 Å². The molecule has 142 valence electrons. The van der Waals surface area contributed by atoms with Crippen molar-refractivity contribution in [2.75, 3.05) is 13.2 Å². The molecule has 1 aromatic rings. The van der Waals surface area contributed by atoms with Crippen LogP contribution in [0, 0.1) is 5.92 Å². The van der Waals surface area contributed by atoms with Gasteiger partial charge in [-0.15, -0.1) is 0 Å². The molecule has 5 heteroatoms. The molecule has 0 bridgehead atoms. The van der Waals surface area contributed by atoms with Crippen molar-refractivity contribution in [3.8, 4) is 5.75 Å². The molecule has 1 atom stereocenters. The monoisotopic (exact) mass is 359 g/mol. The quantitative estimate of drug-likeness (QED) is 0.718. The molecule has 0 aromatic heterocycles. The Labute approximate surface area is 155 Å². The molecule has 1 N–H and O–H groups in total. The van der Waals surface area contributed by atoms with Crippen LogP contribution in [0.1, 0.15) is 58.6 Å². The number of hydrogen-bond acceptors (Lipinski definition) is 4. The number of aliphatic hydroxyl groups is 1. The van der Waals surface area contributed by atoms with E-state index in [2.05, 4.69) is 0 Å². The molecule has 5 nitrogen and oxygen atoms in total. The highest BCUT2D eigenvalue weighted by Gasteiger charge is 2.43. The first-order valence-electron chi connectivity index (χ1n) is 9.43. The molecule has 1 aliphatic heterocycles. The average molecular weight is 359 g/mol. The molecule has 26 heavy (non-hydrogen) atoms. The Morgan fingerprint density at radius 1 is 1.19 bits per heavy atom. The van der Waals surface area contributed by atoms with E-state index in [0.29, 0.717) is 13.2 Å². The van der Waals surface area contributed by atoms with E-state index in [0.717, 1.165) is 30.6 Å². The van der Waals surface area contributed by atoms with E-state index < -0.39 is 17.7 Å². The first kappa shape index (κ1) is 20.0. The average Bonchev–Trinajstić information content (AvgIpc) is 2.88. The topological polar surface area (TPSA) is 66.8 Å². The smallest absolute Gasteiger partial charge is 0.290 e. The fourth-order valence-electron chi connectivity index (χ4n) is 3.09. The Bertz CT molecular complexity index is 676. The van der Waals surface area contributed by atoms with Gasteiger partial charge >= 0.3 is 0 Å². The number of carbonyl (C=O) groups is 2. The number of carbonyl (C=O) groups excluding carboxylic acids is 2. The normalized spacial score (nSPS) is 17.3. The highest BCUT2D eigenvalue weighted by molar-refractivity contribution is 6.09. The summed E-state index contributed by atoms with van der Waals surface area (Å²) in [6.45, 7) is 8.79. The van der Waals surface area contributed by atoms with Gasteiger partial charge in [0.2, 0.25) is 0 Å². The van der Waals surface area contributed by atoms with E-state index in [-0.39, 0.29) is 17.3 Å². The molecule has 1 aromatic carbocycles. The fraction of sp³-hybridized carbons (Fsp3) is 0.524. The van der Waals surface area contributed by atoms with Gasteiger partial charge < -0.3 is 14.7 Å². The van der Waals surface area contributed by atoms with E-state index in [1.165, 1.54) is 0 Å². The van der Waals surface area contributed by atoms with Gasteiger partial charge in [0.1, 0.15) is 5.75 Å². The number of Topliss-reactive ketones (excluding diaryl/α,β-unsaturated/α-hetero) is 1. The van der Waals surface area contributed by atoms with Crippen LogP contribution in [0.5, 0.6) is 5.75 Å². The van der Waals surface area contributed by atoms with Crippen LogP contribution in [0.4, 0.5) is 0 Å². The van der Waals surface area contributed by atoms with Crippen LogP contribution < -0.4 is 4.74 Å². The number of ketones is 1. The van der Waals surface area contributed by atoms with Crippen LogP contribution in [0.2, 0.25) is 0 Å².